The van der Waals surface area contributed by atoms with Crippen molar-refractivity contribution in [3.05, 3.63) is 63.4 Å². The lowest BCUT2D eigenvalue weighted by molar-refractivity contribution is -0.139. The van der Waals surface area contributed by atoms with E-state index in [0.717, 1.165) is 6.07 Å². The van der Waals surface area contributed by atoms with Gasteiger partial charge < -0.3 is 5.32 Å². The van der Waals surface area contributed by atoms with Gasteiger partial charge >= 0.3 is 6.18 Å². The zero-order valence-electron chi connectivity index (χ0n) is 10.6. The summed E-state index contributed by atoms with van der Waals surface area (Å²) in [5.41, 5.74) is -1.69. The lowest BCUT2D eigenvalue weighted by Crippen LogP contribution is -2.14. The molecule has 0 aliphatic rings. The molecule has 116 valence electrons. The molecule has 0 saturated heterocycles. The standard InChI is InChI=1S/C14H7Cl2F4NO/c15-7-1-3-11(16)9(5-7)13(22)21-8-2-4-12(17)10(6-8)14(18,19)20/h1-6H,(H,21,22). The summed E-state index contributed by atoms with van der Waals surface area (Å²) in [7, 11) is 0. The van der Waals surface area contributed by atoms with E-state index in [0.29, 0.717) is 12.1 Å². The molecule has 0 saturated carbocycles. The van der Waals surface area contributed by atoms with Gasteiger partial charge in [0.05, 0.1) is 16.1 Å². The Labute approximate surface area is 132 Å². The van der Waals surface area contributed by atoms with Gasteiger partial charge in [-0.05, 0) is 36.4 Å². The van der Waals surface area contributed by atoms with Gasteiger partial charge in [0, 0.05) is 10.7 Å². The van der Waals surface area contributed by atoms with Crippen LogP contribution in [0.5, 0.6) is 0 Å². The van der Waals surface area contributed by atoms with E-state index in [1.165, 1.54) is 18.2 Å². The van der Waals surface area contributed by atoms with Crippen LogP contribution in [0.3, 0.4) is 0 Å². The molecular formula is C14H7Cl2F4NO. The van der Waals surface area contributed by atoms with E-state index in [4.69, 9.17) is 23.2 Å². The quantitative estimate of drug-likeness (QED) is 0.720. The Morgan fingerprint density at radius 3 is 2.36 bits per heavy atom. The second-order valence-electron chi connectivity index (χ2n) is 4.27. The van der Waals surface area contributed by atoms with Crippen LogP contribution in [0.25, 0.3) is 0 Å². The molecule has 2 aromatic carbocycles. The summed E-state index contributed by atoms with van der Waals surface area (Å²) in [5, 5.41) is 2.54. The van der Waals surface area contributed by atoms with Crippen molar-refractivity contribution in [1.29, 1.82) is 0 Å². The Morgan fingerprint density at radius 2 is 1.73 bits per heavy atom. The van der Waals surface area contributed by atoms with E-state index in [1.54, 1.807) is 0 Å². The van der Waals surface area contributed by atoms with E-state index in [9.17, 15) is 22.4 Å². The number of alkyl halides is 3. The third kappa shape index (κ3) is 3.69. The molecule has 0 unspecified atom stereocenters. The molecule has 1 N–H and O–H groups in total. The number of anilines is 1. The van der Waals surface area contributed by atoms with Crippen molar-refractivity contribution in [2.75, 3.05) is 5.32 Å². The van der Waals surface area contributed by atoms with Gasteiger partial charge in [0.25, 0.3) is 5.91 Å². The average Bonchev–Trinajstić information content (AvgIpc) is 2.42. The Hall–Kier alpha value is -1.79. The van der Waals surface area contributed by atoms with Gasteiger partial charge in [0.1, 0.15) is 5.82 Å². The van der Waals surface area contributed by atoms with E-state index in [-0.39, 0.29) is 21.3 Å². The fraction of sp³-hybridized carbons (Fsp3) is 0.0714. The van der Waals surface area contributed by atoms with E-state index < -0.39 is 23.5 Å². The smallest absolute Gasteiger partial charge is 0.322 e. The monoisotopic (exact) mass is 351 g/mol. The molecule has 22 heavy (non-hydrogen) atoms. The zero-order chi connectivity index (χ0) is 16.5. The van der Waals surface area contributed by atoms with Crippen molar-refractivity contribution in [2.45, 2.75) is 6.18 Å². The minimum absolute atomic E-state index is 0.00736. The number of hydrogen-bond donors (Lipinski definition) is 1. The van der Waals surface area contributed by atoms with E-state index in [1.807, 2.05) is 0 Å². The number of amides is 1. The summed E-state index contributed by atoms with van der Waals surface area (Å²) in [6.07, 6.45) is -4.86. The van der Waals surface area contributed by atoms with Crippen molar-refractivity contribution in [1.82, 2.24) is 0 Å². The summed E-state index contributed by atoms with van der Waals surface area (Å²) < 4.78 is 51.0. The predicted molar refractivity (Wildman–Crippen MR) is 75.8 cm³/mol. The maximum Gasteiger partial charge on any atom is 0.419 e. The highest BCUT2D eigenvalue weighted by Gasteiger charge is 2.34. The molecule has 2 rings (SSSR count). The largest absolute Gasteiger partial charge is 0.419 e. The highest BCUT2D eigenvalue weighted by molar-refractivity contribution is 6.36. The molecular weight excluding hydrogens is 345 g/mol. The lowest BCUT2D eigenvalue weighted by atomic mass is 10.1. The molecule has 0 fully saturated rings. The van der Waals surface area contributed by atoms with Crippen molar-refractivity contribution in [3.8, 4) is 0 Å². The number of halogens is 6. The third-order valence-electron chi connectivity index (χ3n) is 2.70. The van der Waals surface area contributed by atoms with E-state index >= 15 is 0 Å². The first-order valence-electron chi connectivity index (χ1n) is 5.81. The molecule has 8 heteroatoms. The Morgan fingerprint density at radius 1 is 1.05 bits per heavy atom. The van der Waals surface area contributed by atoms with Crippen LogP contribution in [-0.4, -0.2) is 5.91 Å². The first-order valence-corrected chi connectivity index (χ1v) is 6.57. The Balaban J connectivity index is 2.31. The van der Waals surface area contributed by atoms with Crippen molar-refractivity contribution in [2.24, 2.45) is 0 Å². The molecule has 0 bridgehead atoms. The van der Waals surface area contributed by atoms with Crippen LogP contribution in [0.15, 0.2) is 36.4 Å². The average molecular weight is 352 g/mol. The van der Waals surface area contributed by atoms with Gasteiger partial charge in [-0.15, -0.1) is 0 Å². The molecule has 0 heterocycles. The van der Waals surface area contributed by atoms with Gasteiger partial charge in [0.2, 0.25) is 0 Å². The summed E-state index contributed by atoms with van der Waals surface area (Å²) >= 11 is 11.6. The lowest BCUT2D eigenvalue weighted by Gasteiger charge is -2.11. The minimum Gasteiger partial charge on any atom is -0.322 e. The second kappa shape index (κ2) is 6.14. The van der Waals surface area contributed by atoms with Gasteiger partial charge in [-0.2, -0.15) is 13.2 Å². The summed E-state index contributed by atoms with van der Waals surface area (Å²) in [6, 6.07) is 6.25. The third-order valence-corrected chi connectivity index (χ3v) is 3.27. The van der Waals surface area contributed by atoms with Crippen LogP contribution in [0.4, 0.5) is 23.2 Å². The maximum absolute atomic E-state index is 13.2. The highest BCUT2D eigenvalue weighted by Crippen LogP contribution is 2.33. The number of benzene rings is 2. The number of nitrogens with one attached hydrogen (secondary N) is 1. The van der Waals surface area contributed by atoms with E-state index in [2.05, 4.69) is 5.32 Å². The summed E-state index contributed by atoms with van der Waals surface area (Å²) in [6.45, 7) is 0. The van der Waals surface area contributed by atoms with Crippen molar-refractivity contribution < 1.29 is 22.4 Å². The van der Waals surface area contributed by atoms with Crippen LogP contribution in [0, 0.1) is 5.82 Å². The van der Waals surface area contributed by atoms with Crippen LogP contribution in [-0.2, 0) is 6.18 Å². The number of carbonyl (C=O) groups is 1. The molecule has 1 amide bonds. The van der Waals surface area contributed by atoms with Crippen LogP contribution in [0.2, 0.25) is 10.0 Å². The summed E-state index contributed by atoms with van der Waals surface area (Å²) in [5.74, 6) is -2.18. The fourth-order valence-corrected chi connectivity index (χ4v) is 2.07. The Kier molecular flexibility index (Phi) is 4.63. The summed E-state index contributed by atoms with van der Waals surface area (Å²) in [4.78, 5) is 12.0. The molecule has 2 aromatic rings. The minimum atomic E-state index is -4.86. The molecule has 0 radical (unpaired) electrons. The molecule has 0 aliphatic heterocycles. The topological polar surface area (TPSA) is 29.1 Å². The van der Waals surface area contributed by atoms with Crippen LogP contribution >= 0.6 is 23.2 Å². The number of carbonyl (C=O) groups excluding carboxylic acids is 1. The van der Waals surface area contributed by atoms with Gasteiger partial charge in [-0.3, -0.25) is 4.79 Å². The number of hydrogen-bond acceptors (Lipinski definition) is 1. The van der Waals surface area contributed by atoms with Crippen LogP contribution < -0.4 is 5.32 Å². The second-order valence-corrected chi connectivity index (χ2v) is 5.11. The fourth-order valence-electron chi connectivity index (χ4n) is 1.69. The first-order chi connectivity index (χ1) is 10.2. The first kappa shape index (κ1) is 16.6. The van der Waals surface area contributed by atoms with Gasteiger partial charge in [-0.1, -0.05) is 23.2 Å². The molecule has 0 spiro atoms. The predicted octanol–water partition coefficient (Wildman–Crippen LogP) is 5.40. The molecule has 0 aliphatic carbocycles. The maximum atomic E-state index is 13.2. The normalized spacial score (nSPS) is 11.4. The van der Waals surface area contributed by atoms with Gasteiger partial charge in [-0.25, -0.2) is 4.39 Å². The number of rotatable bonds is 2. The van der Waals surface area contributed by atoms with Crippen molar-refractivity contribution >= 4 is 34.8 Å². The molecule has 0 aromatic heterocycles. The molecule has 2 nitrogen and oxygen atoms in total. The van der Waals surface area contributed by atoms with Gasteiger partial charge in [0.15, 0.2) is 0 Å². The zero-order valence-corrected chi connectivity index (χ0v) is 12.2. The Bertz CT molecular complexity index is 731. The van der Waals surface area contributed by atoms with Crippen molar-refractivity contribution in [3.63, 3.8) is 0 Å². The highest BCUT2D eigenvalue weighted by atomic mass is 35.5. The SMILES string of the molecule is O=C(Nc1ccc(F)c(C(F)(F)F)c1)c1cc(Cl)ccc1Cl. The van der Waals surface area contributed by atoms with Crippen LogP contribution in [0.1, 0.15) is 15.9 Å². The molecule has 0 atom stereocenters.